The van der Waals surface area contributed by atoms with Gasteiger partial charge in [0, 0.05) is 24.1 Å². The van der Waals surface area contributed by atoms with Crippen molar-refractivity contribution in [1.82, 2.24) is 9.88 Å². The molecule has 3 heterocycles. The SMILES string of the molecule is COC(=O)c1ccc2c(n1)OCC21CCN(C(=O)OC(C)(C)C)CC1. The van der Waals surface area contributed by atoms with Gasteiger partial charge in [-0.2, -0.15) is 0 Å². The van der Waals surface area contributed by atoms with Crippen LogP contribution in [-0.4, -0.2) is 54.4 Å². The van der Waals surface area contributed by atoms with Crippen LogP contribution >= 0.6 is 0 Å². The van der Waals surface area contributed by atoms with Crippen molar-refractivity contribution in [3.8, 4) is 5.88 Å². The number of amides is 1. The number of likely N-dealkylation sites (tertiary alicyclic amines) is 1. The van der Waals surface area contributed by atoms with Crippen LogP contribution in [0.5, 0.6) is 5.88 Å². The monoisotopic (exact) mass is 348 g/mol. The zero-order valence-electron chi connectivity index (χ0n) is 15.1. The second-order valence-electron chi connectivity index (χ2n) is 7.58. The minimum absolute atomic E-state index is 0.157. The van der Waals surface area contributed by atoms with Gasteiger partial charge in [0.05, 0.1) is 13.7 Å². The molecule has 0 saturated carbocycles. The summed E-state index contributed by atoms with van der Waals surface area (Å²) in [7, 11) is 1.33. The summed E-state index contributed by atoms with van der Waals surface area (Å²) in [5.41, 5.74) is 0.590. The highest BCUT2D eigenvalue weighted by molar-refractivity contribution is 5.87. The first-order valence-corrected chi connectivity index (χ1v) is 8.45. The van der Waals surface area contributed by atoms with Crippen LogP contribution in [0, 0.1) is 0 Å². The van der Waals surface area contributed by atoms with Crippen LogP contribution in [0.15, 0.2) is 12.1 Å². The van der Waals surface area contributed by atoms with E-state index in [4.69, 9.17) is 14.2 Å². The third-order valence-electron chi connectivity index (χ3n) is 4.68. The van der Waals surface area contributed by atoms with E-state index in [0.29, 0.717) is 25.6 Å². The molecule has 0 unspecified atom stereocenters. The van der Waals surface area contributed by atoms with Crippen LogP contribution in [0.2, 0.25) is 0 Å². The van der Waals surface area contributed by atoms with Crippen molar-refractivity contribution >= 4 is 12.1 Å². The molecule has 7 nitrogen and oxygen atoms in total. The molecule has 1 aromatic heterocycles. The van der Waals surface area contributed by atoms with E-state index in [2.05, 4.69) is 4.98 Å². The minimum Gasteiger partial charge on any atom is -0.476 e. The maximum Gasteiger partial charge on any atom is 0.410 e. The molecule has 1 aromatic rings. The van der Waals surface area contributed by atoms with Gasteiger partial charge in [-0.25, -0.2) is 14.6 Å². The lowest BCUT2D eigenvalue weighted by Gasteiger charge is -2.38. The van der Waals surface area contributed by atoms with E-state index in [1.165, 1.54) is 7.11 Å². The van der Waals surface area contributed by atoms with Crippen LogP contribution in [-0.2, 0) is 14.9 Å². The Morgan fingerprint density at radius 3 is 2.52 bits per heavy atom. The number of carbonyl (C=O) groups is 2. The normalized spacial score (nSPS) is 18.5. The zero-order valence-corrected chi connectivity index (χ0v) is 15.1. The van der Waals surface area contributed by atoms with E-state index < -0.39 is 11.6 Å². The number of esters is 1. The topological polar surface area (TPSA) is 78.0 Å². The van der Waals surface area contributed by atoms with Crippen LogP contribution < -0.4 is 4.74 Å². The molecule has 7 heteroatoms. The Labute approximate surface area is 147 Å². The lowest BCUT2D eigenvalue weighted by atomic mass is 9.75. The predicted molar refractivity (Wildman–Crippen MR) is 89.8 cm³/mol. The lowest BCUT2D eigenvalue weighted by Crippen LogP contribution is -2.47. The Kier molecular flexibility index (Phi) is 4.34. The fourth-order valence-corrected chi connectivity index (χ4v) is 3.31. The van der Waals surface area contributed by atoms with E-state index in [0.717, 1.165) is 18.4 Å². The molecular formula is C18H24N2O5. The molecule has 3 rings (SSSR count). The number of rotatable bonds is 1. The van der Waals surface area contributed by atoms with Crippen molar-refractivity contribution in [2.45, 2.75) is 44.6 Å². The molecule has 25 heavy (non-hydrogen) atoms. The molecule has 1 fully saturated rings. The molecule has 0 N–H and O–H groups in total. The number of hydrogen-bond donors (Lipinski definition) is 0. The number of aromatic nitrogens is 1. The van der Waals surface area contributed by atoms with Crippen LogP contribution in [0.4, 0.5) is 4.79 Å². The summed E-state index contributed by atoms with van der Waals surface area (Å²) < 4.78 is 15.9. The summed E-state index contributed by atoms with van der Waals surface area (Å²) in [4.78, 5) is 29.9. The highest BCUT2D eigenvalue weighted by Gasteiger charge is 2.45. The molecule has 1 spiro atoms. The Morgan fingerprint density at radius 1 is 1.24 bits per heavy atom. The van der Waals surface area contributed by atoms with Gasteiger partial charge in [0.25, 0.3) is 0 Å². The molecule has 0 aromatic carbocycles. The number of ether oxygens (including phenoxy) is 3. The van der Waals surface area contributed by atoms with Crippen molar-refractivity contribution in [2.24, 2.45) is 0 Å². The summed E-state index contributed by atoms with van der Waals surface area (Å²) in [6, 6.07) is 3.56. The Hall–Kier alpha value is -2.31. The highest BCUT2D eigenvalue weighted by atomic mass is 16.6. The fraction of sp³-hybridized carbons (Fsp3) is 0.611. The predicted octanol–water partition coefficient (Wildman–Crippen LogP) is 2.53. The van der Waals surface area contributed by atoms with Crippen molar-refractivity contribution in [2.75, 3.05) is 26.8 Å². The Morgan fingerprint density at radius 2 is 1.92 bits per heavy atom. The average Bonchev–Trinajstić information content (AvgIpc) is 2.91. The van der Waals surface area contributed by atoms with Crippen LogP contribution in [0.3, 0.4) is 0 Å². The lowest BCUT2D eigenvalue weighted by molar-refractivity contribution is 0.0152. The maximum absolute atomic E-state index is 12.2. The molecule has 0 radical (unpaired) electrons. The van der Waals surface area contributed by atoms with Gasteiger partial charge in [0.1, 0.15) is 5.60 Å². The Balaban J connectivity index is 1.71. The highest BCUT2D eigenvalue weighted by Crippen LogP contribution is 2.44. The quantitative estimate of drug-likeness (QED) is 0.726. The molecule has 0 bridgehead atoms. The second kappa shape index (κ2) is 6.20. The number of methoxy groups -OCH3 is 1. The molecule has 1 amide bonds. The van der Waals surface area contributed by atoms with Gasteiger partial charge < -0.3 is 19.1 Å². The van der Waals surface area contributed by atoms with Gasteiger partial charge in [-0.05, 0) is 39.7 Å². The van der Waals surface area contributed by atoms with Crippen LogP contribution in [0.1, 0.15) is 49.7 Å². The number of pyridine rings is 1. The van der Waals surface area contributed by atoms with E-state index in [1.807, 2.05) is 26.8 Å². The molecule has 2 aliphatic rings. The minimum atomic E-state index is -0.497. The third kappa shape index (κ3) is 3.41. The van der Waals surface area contributed by atoms with E-state index >= 15 is 0 Å². The van der Waals surface area contributed by atoms with E-state index in [9.17, 15) is 9.59 Å². The third-order valence-corrected chi connectivity index (χ3v) is 4.68. The molecule has 0 atom stereocenters. The van der Waals surface area contributed by atoms with Gasteiger partial charge in [0.15, 0.2) is 5.69 Å². The summed E-state index contributed by atoms with van der Waals surface area (Å²) >= 11 is 0. The summed E-state index contributed by atoms with van der Waals surface area (Å²) in [5, 5.41) is 0. The van der Waals surface area contributed by atoms with Gasteiger partial charge in [-0.1, -0.05) is 6.07 Å². The van der Waals surface area contributed by atoms with Gasteiger partial charge in [0.2, 0.25) is 5.88 Å². The first kappa shape index (κ1) is 17.5. The van der Waals surface area contributed by atoms with Gasteiger partial charge in [-0.15, -0.1) is 0 Å². The molecule has 1 saturated heterocycles. The number of carbonyl (C=O) groups excluding carboxylic acids is 2. The smallest absolute Gasteiger partial charge is 0.410 e. The Bertz CT molecular complexity index is 687. The first-order chi connectivity index (χ1) is 11.7. The van der Waals surface area contributed by atoms with Crippen molar-refractivity contribution in [1.29, 1.82) is 0 Å². The zero-order chi connectivity index (χ0) is 18.2. The number of fused-ring (bicyclic) bond motifs is 2. The molecule has 2 aliphatic heterocycles. The van der Waals surface area contributed by atoms with Crippen molar-refractivity contribution < 1.29 is 23.8 Å². The largest absolute Gasteiger partial charge is 0.476 e. The van der Waals surface area contributed by atoms with Gasteiger partial charge in [-0.3, -0.25) is 0 Å². The van der Waals surface area contributed by atoms with Gasteiger partial charge >= 0.3 is 12.1 Å². The number of nitrogens with zero attached hydrogens (tertiary/aromatic N) is 2. The first-order valence-electron chi connectivity index (χ1n) is 8.45. The van der Waals surface area contributed by atoms with Crippen molar-refractivity contribution in [3.05, 3.63) is 23.4 Å². The van der Waals surface area contributed by atoms with Crippen LogP contribution in [0.25, 0.3) is 0 Å². The van der Waals surface area contributed by atoms with Crippen molar-refractivity contribution in [3.63, 3.8) is 0 Å². The standard InChI is InChI=1S/C18H24N2O5/c1-17(2,3)25-16(22)20-9-7-18(8-10-20)11-24-14-12(18)5-6-13(19-14)15(21)23-4/h5-6H,7-11H2,1-4H3. The summed E-state index contributed by atoms with van der Waals surface area (Å²) in [6.07, 6.45) is 1.28. The number of hydrogen-bond acceptors (Lipinski definition) is 6. The summed E-state index contributed by atoms with van der Waals surface area (Å²) in [6.45, 7) is 7.32. The van der Waals surface area contributed by atoms with E-state index in [-0.39, 0.29) is 17.2 Å². The second-order valence-corrected chi connectivity index (χ2v) is 7.58. The molecule has 0 aliphatic carbocycles. The molecular weight excluding hydrogens is 324 g/mol. The summed E-state index contributed by atoms with van der Waals surface area (Å²) in [5.74, 6) is 0.0145. The van der Waals surface area contributed by atoms with E-state index in [1.54, 1.807) is 11.0 Å². The maximum atomic E-state index is 12.2. The number of piperidine rings is 1. The fourth-order valence-electron chi connectivity index (χ4n) is 3.31. The molecule has 136 valence electrons. The average molecular weight is 348 g/mol.